The molecule has 0 aliphatic heterocycles. The maximum absolute atomic E-state index is 5.88. The van der Waals surface area contributed by atoms with Crippen molar-refractivity contribution in [3.8, 4) is 5.75 Å². The van der Waals surface area contributed by atoms with Crippen molar-refractivity contribution in [3.05, 3.63) is 11.9 Å². The number of nitrogens with zero attached hydrogens (tertiary/aromatic N) is 2. The summed E-state index contributed by atoms with van der Waals surface area (Å²) in [5.41, 5.74) is 4.14. The maximum atomic E-state index is 5.88. The van der Waals surface area contributed by atoms with Gasteiger partial charge in [-0.15, -0.1) is 0 Å². The highest BCUT2D eigenvalue weighted by Crippen LogP contribution is 2.51. The van der Waals surface area contributed by atoms with E-state index >= 15 is 0 Å². The number of hydrogen-bond acceptors (Lipinski definition) is 4. The van der Waals surface area contributed by atoms with E-state index < -0.39 is 0 Å². The average Bonchev–Trinajstić information content (AvgIpc) is 3.20. The summed E-state index contributed by atoms with van der Waals surface area (Å²) in [6.45, 7) is 3.08. The number of fused-ring (bicyclic) bond motifs is 2. The summed E-state index contributed by atoms with van der Waals surface area (Å²) in [5.74, 6) is 9.43. The SMILES string of the molecule is CCCn1ncc(OC)c1C(CC1CC2CCC1C2)NN. The summed E-state index contributed by atoms with van der Waals surface area (Å²) in [7, 11) is 1.71. The van der Waals surface area contributed by atoms with Crippen molar-refractivity contribution < 1.29 is 4.74 Å². The molecule has 5 heteroatoms. The molecule has 0 radical (unpaired) electrons. The van der Waals surface area contributed by atoms with Crippen molar-refractivity contribution in [3.63, 3.8) is 0 Å². The molecule has 0 aromatic carbocycles. The molecule has 4 atom stereocenters. The predicted octanol–water partition coefficient (Wildman–Crippen LogP) is 2.63. The molecule has 1 aromatic rings. The third kappa shape index (κ3) is 2.81. The molecule has 21 heavy (non-hydrogen) atoms. The second kappa shape index (κ2) is 6.36. The third-order valence-corrected chi connectivity index (χ3v) is 5.45. The normalized spacial score (nSPS) is 29.0. The van der Waals surface area contributed by atoms with E-state index in [2.05, 4.69) is 22.1 Å². The van der Waals surface area contributed by atoms with Crippen molar-refractivity contribution in [1.82, 2.24) is 15.2 Å². The zero-order chi connectivity index (χ0) is 14.8. The van der Waals surface area contributed by atoms with Crippen LogP contribution >= 0.6 is 0 Å². The first-order chi connectivity index (χ1) is 10.3. The molecule has 4 unspecified atom stereocenters. The molecule has 2 fully saturated rings. The van der Waals surface area contributed by atoms with Crippen molar-refractivity contribution in [2.24, 2.45) is 23.6 Å². The summed E-state index contributed by atoms with van der Waals surface area (Å²) in [6.07, 6.45) is 9.65. The van der Waals surface area contributed by atoms with E-state index in [1.807, 2.05) is 6.20 Å². The van der Waals surface area contributed by atoms with Crippen LogP contribution in [0, 0.1) is 17.8 Å². The van der Waals surface area contributed by atoms with Gasteiger partial charge in [0.2, 0.25) is 0 Å². The van der Waals surface area contributed by atoms with Crippen LogP contribution in [0.4, 0.5) is 0 Å². The lowest BCUT2D eigenvalue weighted by atomic mass is 9.83. The Kier molecular flexibility index (Phi) is 4.50. The van der Waals surface area contributed by atoms with Gasteiger partial charge in [-0.1, -0.05) is 13.3 Å². The Morgan fingerprint density at radius 2 is 2.33 bits per heavy atom. The minimum atomic E-state index is 0.137. The van der Waals surface area contributed by atoms with E-state index in [0.29, 0.717) is 0 Å². The molecule has 2 aliphatic rings. The fraction of sp³-hybridized carbons (Fsp3) is 0.812. The van der Waals surface area contributed by atoms with Crippen molar-refractivity contribution in [1.29, 1.82) is 0 Å². The van der Waals surface area contributed by atoms with Crippen LogP contribution in [0.2, 0.25) is 0 Å². The standard InChI is InChI=1S/C16H28N4O/c1-3-6-20-16(15(21-2)10-18-20)14(19-17)9-13-8-11-4-5-12(13)7-11/h10-14,19H,3-9,17H2,1-2H3. The van der Waals surface area contributed by atoms with Gasteiger partial charge in [0.1, 0.15) is 0 Å². The number of methoxy groups -OCH3 is 1. The molecular weight excluding hydrogens is 264 g/mol. The quantitative estimate of drug-likeness (QED) is 0.599. The first-order valence-electron chi connectivity index (χ1n) is 8.32. The van der Waals surface area contributed by atoms with Crippen LogP contribution in [0.5, 0.6) is 5.75 Å². The number of aromatic nitrogens is 2. The van der Waals surface area contributed by atoms with Crippen LogP contribution in [0.3, 0.4) is 0 Å². The highest BCUT2D eigenvalue weighted by atomic mass is 16.5. The molecule has 5 nitrogen and oxygen atoms in total. The first-order valence-corrected chi connectivity index (χ1v) is 8.32. The fourth-order valence-corrected chi connectivity index (χ4v) is 4.50. The van der Waals surface area contributed by atoms with Crippen molar-refractivity contribution >= 4 is 0 Å². The van der Waals surface area contributed by atoms with Crippen LogP contribution in [0.15, 0.2) is 6.20 Å². The minimum absolute atomic E-state index is 0.137. The maximum Gasteiger partial charge on any atom is 0.161 e. The van der Waals surface area contributed by atoms with Gasteiger partial charge in [0.15, 0.2) is 5.75 Å². The number of ether oxygens (including phenoxy) is 1. The molecule has 2 bridgehead atoms. The van der Waals surface area contributed by atoms with Crippen molar-refractivity contribution in [2.75, 3.05) is 7.11 Å². The monoisotopic (exact) mass is 292 g/mol. The van der Waals surface area contributed by atoms with Crippen molar-refractivity contribution in [2.45, 2.75) is 58.0 Å². The summed E-state index contributed by atoms with van der Waals surface area (Å²) in [4.78, 5) is 0. The van der Waals surface area contributed by atoms with Crippen LogP contribution in [0.1, 0.15) is 57.2 Å². The highest BCUT2D eigenvalue weighted by Gasteiger charge is 2.40. The molecule has 1 aromatic heterocycles. The molecule has 118 valence electrons. The molecular formula is C16H28N4O. The van der Waals surface area contributed by atoms with Gasteiger partial charge in [-0.25, -0.2) is 0 Å². The van der Waals surface area contributed by atoms with Crippen LogP contribution in [0.25, 0.3) is 0 Å². The zero-order valence-corrected chi connectivity index (χ0v) is 13.2. The molecule has 0 saturated heterocycles. The predicted molar refractivity (Wildman–Crippen MR) is 82.7 cm³/mol. The van der Waals surface area contributed by atoms with Crippen LogP contribution in [-0.2, 0) is 6.54 Å². The van der Waals surface area contributed by atoms with E-state index in [9.17, 15) is 0 Å². The molecule has 0 amide bonds. The first kappa shape index (κ1) is 14.9. The number of rotatable bonds is 7. The topological polar surface area (TPSA) is 65.1 Å². The summed E-state index contributed by atoms with van der Waals surface area (Å²) < 4.78 is 7.55. The summed E-state index contributed by atoms with van der Waals surface area (Å²) >= 11 is 0. The smallest absolute Gasteiger partial charge is 0.161 e. The number of nitrogens with two attached hydrogens (primary N) is 1. The largest absolute Gasteiger partial charge is 0.493 e. The summed E-state index contributed by atoms with van der Waals surface area (Å²) in [6, 6.07) is 0.137. The molecule has 0 spiro atoms. The summed E-state index contributed by atoms with van der Waals surface area (Å²) in [5, 5.41) is 4.46. The van der Waals surface area contributed by atoms with E-state index in [1.165, 1.54) is 25.7 Å². The fourth-order valence-electron chi connectivity index (χ4n) is 4.50. The van der Waals surface area contributed by atoms with E-state index in [0.717, 1.165) is 48.6 Å². The van der Waals surface area contributed by atoms with Gasteiger partial charge in [0, 0.05) is 6.54 Å². The second-order valence-corrected chi connectivity index (χ2v) is 6.71. The van der Waals surface area contributed by atoms with E-state index in [1.54, 1.807) is 7.11 Å². The second-order valence-electron chi connectivity index (χ2n) is 6.71. The Morgan fingerprint density at radius 3 is 2.90 bits per heavy atom. The van der Waals surface area contributed by atoms with Gasteiger partial charge in [0.05, 0.1) is 25.0 Å². The lowest BCUT2D eigenvalue weighted by Gasteiger charge is -2.27. The average molecular weight is 292 g/mol. The van der Waals surface area contributed by atoms with E-state index in [-0.39, 0.29) is 6.04 Å². The van der Waals surface area contributed by atoms with Crippen LogP contribution in [-0.4, -0.2) is 16.9 Å². The van der Waals surface area contributed by atoms with Gasteiger partial charge in [-0.3, -0.25) is 16.0 Å². The molecule has 3 rings (SSSR count). The minimum Gasteiger partial charge on any atom is -0.493 e. The van der Waals surface area contributed by atoms with Gasteiger partial charge < -0.3 is 4.74 Å². The lowest BCUT2D eigenvalue weighted by molar-refractivity contribution is 0.270. The molecule has 2 saturated carbocycles. The molecule has 2 aliphatic carbocycles. The van der Waals surface area contributed by atoms with Gasteiger partial charge in [-0.05, 0) is 49.9 Å². The van der Waals surface area contributed by atoms with Gasteiger partial charge in [-0.2, -0.15) is 5.10 Å². The van der Waals surface area contributed by atoms with Gasteiger partial charge >= 0.3 is 0 Å². The van der Waals surface area contributed by atoms with E-state index in [4.69, 9.17) is 10.6 Å². The Hall–Kier alpha value is -1.07. The Bertz CT molecular complexity index is 473. The Labute approximate surface area is 127 Å². The zero-order valence-electron chi connectivity index (χ0n) is 13.2. The van der Waals surface area contributed by atoms with Gasteiger partial charge in [0.25, 0.3) is 0 Å². The Balaban J connectivity index is 1.77. The number of hydrogen-bond donors (Lipinski definition) is 2. The Morgan fingerprint density at radius 1 is 1.48 bits per heavy atom. The van der Waals surface area contributed by atoms with Crippen LogP contribution < -0.4 is 16.0 Å². The third-order valence-electron chi connectivity index (χ3n) is 5.45. The molecule has 3 N–H and O–H groups in total. The number of nitrogens with one attached hydrogen (secondary N) is 1. The number of aryl methyl sites for hydroxylation is 1. The molecule has 1 heterocycles. The lowest BCUT2D eigenvalue weighted by Crippen LogP contribution is -2.32. The highest BCUT2D eigenvalue weighted by molar-refractivity contribution is 5.28. The number of hydrazine groups is 1.